The van der Waals surface area contributed by atoms with Crippen molar-refractivity contribution in [1.82, 2.24) is 0 Å². The Kier molecular flexibility index (Phi) is 2.32. The molecular formula is C10H9ClO4. The Labute approximate surface area is 91.1 Å². The van der Waals surface area contributed by atoms with E-state index in [-0.39, 0.29) is 18.6 Å². The number of aliphatic carboxylic acids is 1. The van der Waals surface area contributed by atoms with Crippen molar-refractivity contribution in [3.63, 3.8) is 0 Å². The second-order valence-corrected chi connectivity index (χ2v) is 3.84. The summed E-state index contributed by atoms with van der Waals surface area (Å²) >= 11 is 5.75. The SMILES string of the molecule is O=C(O)[C@]1(O)CCOc2ccc(Cl)cc21. The summed E-state index contributed by atoms with van der Waals surface area (Å²) in [6.07, 6.45) is 0.0235. The first-order chi connectivity index (χ1) is 7.04. The maximum absolute atomic E-state index is 11.0. The third-order valence-electron chi connectivity index (χ3n) is 2.46. The monoisotopic (exact) mass is 228 g/mol. The van der Waals surface area contributed by atoms with Crippen molar-refractivity contribution in [3.05, 3.63) is 28.8 Å². The maximum atomic E-state index is 11.0. The van der Waals surface area contributed by atoms with Gasteiger partial charge in [0.1, 0.15) is 5.75 Å². The third kappa shape index (κ3) is 1.56. The zero-order valence-electron chi connectivity index (χ0n) is 7.74. The van der Waals surface area contributed by atoms with Crippen LogP contribution in [0.4, 0.5) is 0 Å². The molecule has 4 nitrogen and oxygen atoms in total. The van der Waals surface area contributed by atoms with Crippen LogP contribution in [0.2, 0.25) is 5.02 Å². The van der Waals surface area contributed by atoms with Crippen LogP contribution in [0.3, 0.4) is 0 Å². The Morgan fingerprint density at radius 1 is 1.53 bits per heavy atom. The molecule has 1 aliphatic heterocycles. The Hall–Kier alpha value is -1.26. The quantitative estimate of drug-likeness (QED) is 0.763. The maximum Gasteiger partial charge on any atom is 0.340 e. The minimum Gasteiger partial charge on any atom is -0.493 e. The van der Waals surface area contributed by atoms with E-state index >= 15 is 0 Å². The van der Waals surface area contributed by atoms with Gasteiger partial charge in [-0.2, -0.15) is 0 Å². The molecule has 0 amide bonds. The van der Waals surface area contributed by atoms with Gasteiger partial charge >= 0.3 is 5.97 Å². The molecule has 15 heavy (non-hydrogen) atoms. The molecule has 1 atom stereocenters. The van der Waals surface area contributed by atoms with E-state index in [1.165, 1.54) is 6.07 Å². The fraction of sp³-hybridized carbons (Fsp3) is 0.300. The first-order valence-electron chi connectivity index (χ1n) is 4.42. The van der Waals surface area contributed by atoms with Crippen molar-refractivity contribution in [3.8, 4) is 5.75 Å². The van der Waals surface area contributed by atoms with Gasteiger partial charge in [-0.25, -0.2) is 4.79 Å². The minimum atomic E-state index is -1.89. The van der Waals surface area contributed by atoms with Gasteiger partial charge in [-0.3, -0.25) is 0 Å². The summed E-state index contributed by atoms with van der Waals surface area (Å²) in [6, 6.07) is 4.57. The number of carbonyl (C=O) groups is 1. The molecule has 5 heteroatoms. The highest BCUT2D eigenvalue weighted by Gasteiger charge is 2.43. The highest BCUT2D eigenvalue weighted by Crippen LogP contribution is 2.38. The summed E-state index contributed by atoms with van der Waals surface area (Å²) in [5, 5.41) is 19.3. The third-order valence-corrected chi connectivity index (χ3v) is 2.70. The van der Waals surface area contributed by atoms with E-state index in [0.29, 0.717) is 10.8 Å². The molecule has 2 N–H and O–H groups in total. The number of carboxylic acid groups (broad SMARTS) is 1. The van der Waals surface area contributed by atoms with Crippen LogP contribution in [0.15, 0.2) is 18.2 Å². The molecule has 0 bridgehead atoms. The number of aliphatic hydroxyl groups is 1. The van der Waals surface area contributed by atoms with Crippen LogP contribution in [-0.2, 0) is 10.4 Å². The van der Waals surface area contributed by atoms with Crippen molar-refractivity contribution < 1.29 is 19.7 Å². The molecule has 1 aliphatic rings. The van der Waals surface area contributed by atoms with E-state index in [0.717, 1.165) is 0 Å². The van der Waals surface area contributed by atoms with Crippen molar-refractivity contribution >= 4 is 17.6 Å². The molecule has 2 rings (SSSR count). The van der Waals surface area contributed by atoms with Crippen molar-refractivity contribution in [2.45, 2.75) is 12.0 Å². The number of halogens is 1. The molecule has 0 aromatic heterocycles. The molecule has 0 radical (unpaired) electrons. The fourth-order valence-corrected chi connectivity index (χ4v) is 1.79. The van der Waals surface area contributed by atoms with Crippen molar-refractivity contribution in [2.24, 2.45) is 0 Å². The number of hydrogen-bond acceptors (Lipinski definition) is 3. The number of carboxylic acids is 1. The Morgan fingerprint density at radius 3 is 2.93 bits per heavy atom. The van der Waals surface area contributed by atoms with Crippen LogP contribution in [0, 0.1) is 0 Å². The highest BCUT2D eigenvalue weighted by molar-refractivity contribution is 6.30. The molecular weight excluding hydrogens is 220 g/mol. The van der Waals surface area contributed by atoms with E-state index in [2.05, 4.69) is 0 Å². The molecule has 1 heterocycles. The van der Waals surface area contributed by atoms with E-state index in [4.69, 9.17) is 21.4 Å². The largest absolute Gasteiger partial charge is 0.493 e. The molecule has 0 saturated heterocycles. The average Bonchev–Trinajstić information content (AvgIpc) is 2.19. The molecule has 80 valence electrons. The zero-order chi connectivity index (χ0) is 11.1. The molecule has 1 aromatic carbocycles. The minimum absolute atomic E-state index is 0.0235. The van der Waals surface area contributed by atoms with Gasteiger partial charge in [0, 0.05) is 17.0 Å². The van der Waals surface area contributed by atoms with Gasteiger partial charge in [0.15, 0.2) is 5.60 Å². The lowest BCUT2D eigenvalue weighted by molar-refractivity contribution is -0.162. The lowest BCUT2D eigenvalue weighted by atomic mass is 9.88. The van der Waals surface area contributed by atoms with Crippen LogP contribution in [0.1, 0.15) is 12.0 Å². The van der Waals surface area contributed by atoms with Gasteiger partial charge < -0.3 is 14.9 Å². The van der Waals surface area contributed by atoms with E-state index in [1.54, 1.807) is 12.1 Å². The molecule has 0 saturated carbocycles. The highest BCUT2D eigenvalue weighted by atomic mass is 35.5. The molecule has 0 unspecified atom stereocenters. The Balaban J connectivity index is 2.59. The summed E-state index contributed by atoms with van der Waals surface area (Å²) in [5.74, 6) is -0.912. The first kappa shape index (κ1) is 10.3. The van der Waals surface area contributed by atoms with Gasteiger partial charge in [0.05, 0.1) is 6.61 Å². The smallest absolute Gasteiger partial charge is 0.340 e. The zero-order valence-corrected chi connectivity index (χ0v) is 8.49. The van der Waals surface area contributed by atoms with E-state index in [1.807, 2.05) is 0 Å². The van der Waals surface area contributed by atoms with Crippen LogP contribution >= 0.6 is 11.6 Å². The number of fused-ring (bicyclic) bond motifs is 1. The number of hydrogen-bond donors (Lipinski definition) is 2. The fourth-order valence-electron chi connectivity index (χ4n) is 1.62. The van der Waals surface area contributed by atoms with Gasteiger partial charge in [-0.15, -0.1) is 0 Å². The summed E-state index contributed by atoms with van der Waals surface area (Å²) < 4.78 is 5.24. The van der Waals surface area contributed by atoms with Crippen LogP contribution in [0.25, 0.3) is 0 Å². The van der Waals surface area contributed by atoms with Crippen LogP contribution in [0.5, 0.6) is 5.75 Å². The molecule has 0 fully saturated rings. The van der Waals surface area contributed by atoms with Crippen molar-refractivity contribution in [2.75, 3.05) is 6.61 Å². The molecule has 0 spiro atoms. The van der Waals surface area contributed by atoms with Gasteiger partial charge in [-0.1, -0.05) is 11.6 Å². The second-order valence-electron chi connectivity index (χ2n) is 3.40. The summed E-state index contributed by atoms with van der Waals surface area (Å²) in [5.41, 5.74) is -1.67. The second kappa shape index (κ2) is 3.40. The van der Waals surface area contributed by atoms with Gasteiger partial charge in [0.25, 0.3) is 0 Å². The number of benzene rings is 1. The van der Waals surface area contributed by atoms with E-state index < -0.39 is 11.6 Å². The van der Waals surface area contributed by atoms with Crippen LogP contribution in [-0.4, -0.2) is 22.8 Å². The molecule has 0 aliphatic carbocycles. The number of ether oxygens (including phenoxy) is 1. The lowest BCUT2D eigenvalue weighted by Crippen LogP contribution is -2.40. The summed E-state index contributed by atoms with van der Waals surface area (Å²) in [7, 11) is 0. The Morgan fingerprint density at radius 2 is 2.27 bits per heavy atom. The predicted octanol–water partition coefficient (Wildman–Crippen LogP) is 1.39. The average molecular weight is 229 g/mol. The van der Waals surface area contributed by atoms with Gasteiger partial charge in [-0.05, 0) is 18.2 Å². The molecule has 1 aromatic rings. The first-order valence-corrected chi connectivity index (χ1v) is 4.80. The van der Waals surface area contributed by atoms with E-state index in [9.17, 15) is 9.90 Å². The van der Waals surface area contributed by atoms with Crippen molar-refractivity contribution in [1.29, 1.82) is 0 Å². The lowest BCUT2D eigenvalue weighted by Gasteiger charge is -2.30. The van der Waals surface area contributed by atoms with Gasteiger partial charge in [0.2, 0.25) is 0 Å². The normalized spacial score (nSPS) is 24.1. The predicted molar refractivity (Wildman–Crippen MR) is 53.1 cm³/mol. The van der Waals surface area contributed by atoms with Crippen LogP contribution < -0.4 is 4.74 Å². The Bertz CT molecular complexity index is 418. The topological polar surface area (TPSA) is 66.8 Å². The summed E-state index contributed by atoms with van der Waals surface area (Å²) in [4.78, 5) is 11.0. The number of rotatable bonds is 1. The summed E-state index contributed by atoms with van der Waals surface area (Å²) in [6.45, 7) is 0.178. The standard InChI is InChI=1S/C10H9ClO4/c11-6-1-2-8-7(5-6)10(14,9(12)13)3-4-15-8/h1-2,5,14H,3-4H2,(H,12,13)/t10-/m0/s1.